The minimum atomic E-state index is 0.0566. The van der Waals surface area contributed by atoms with Gasteiger partial charge < -0.3 is 11.1 Å². The molecule has 0 aromatic heterocycles. The highest BCUT2D eigenvalue weighted by Crippen LogP contribution is 2.17. The summed E-state index contributed by atoms with van der Waals surface area (Å²) < 4.78 is 0. The van der Waals surface area contributed by atoms with Crippen LogP contribution in [0.3, 0.4) is 0 Å². The number of nitrogens with one attached hydrogen (secondary N) is 1. The molecule has 18 heavy (non-hydrogen) atoms. The number of hydrogen-bond acceptors (Lipinski definition) is 3. The molecule has 1 aromatic rings. The van der Waals surface area contributed by atoms with Crippen LogP contribution in [-0.2, 0) is 11.3 Å². The fourth-order valence-corrected chi connectivity index (χ4v) is 2.52. The first-order valence-corrected chi connectivity index (χ1v) is 6.48. The van der Waals surface area contributed by atoms with Crippen molar-refractivity contribution in [3.05, 3.63) is 29.8 Å². The number of rotatable bonds is 3. The Morgan fingerprint density at radius 2 is 2.28 bits per heavy atom. The minimum Gasteiger partial charge on any atom is -0.398 e. The molecular formula is C14H21N3O. The summed E-state index contributed by atoms with van der Waals surface area (Å²) in [4.78, 5) is 13.4. The van der Waals surface area contributed by atoms with Crippen LogP contribution >= 0.6 is 0 Å². The van der Waals surface area contributed by atoms with Gasteiger partial charge in [-0.15, -0.1) is 0 Å². The van der Waals surface area contributed by atoms with E-state index in [1.165, 1.54) is 5.56 Å². The number of carbonyl (C=O) groups excluding carboxylic acids is 1. The van der Waals surface area contributed by atoms with Gasteiger partial charge in [-0.2, -0.15) is 0 Å². The number of hydrogen-bond donors (Lipinski definition) is 2. The Morgan fingerprint density at radius 3 is 3.00 bits per heavy atom. The van der Waals surface area contributed by atoms with Crippen LogP contribution in [0.1, 0.15) is 25.3 Å². The standard InChI is InChI=1S/C14H21N3O/c1-11(18)16-13-6-4-8-17(10-13)9-12-5-2-3-7-14(12)15/h2-3,5,7,13H,4,6,8-10,15H2,1H3,(H,16,18)/t13-/m0/s1. The van der Waals surface area contributed by atoms with Crippen molar-refractivity contribution in [1.29, 1.82) is 0 Å². The Kier molecular flexibility index (Phi) is 4.20. The fraction of sp³-hybridized carbons (Fsp3) is 0.500. The summed E-state index contributed by atoms with van der Waals surface area (Å²) >= 11 is 0. The predicted molar refractivity (Wildman–Crippen MR) is 73.0 cm³/mol. The molecule has 0 spiro atoms. The van der Waals surface area contributed by atoms with Crippen LogP contribution in [0.5, 0.6) is 0 Å². The molecule has 3 N–H and O–H groups in total. The van der Waals surface area contributed by atoms with Crippen LogP contribution in [-0.4, -0.2) is 29.9 Å². The molecule has 1 amide bonds. The van der Waals surface area contributed by atoms with E-state index in [9.17, 15) is 4.79 Å². The summed E-state index contributed by atoms with van der Waals surface area (Å²) in [5.74, 6) is 0.0566. The number of para-hydroxylation sites is 1. The maximum absolute atomic E-state index is 11.1. The highest BCUT2D eigenvalue weighted by molar-refractivity contribution is 5.73. The Bertz CT molecular complexity index is 419. The van der Waals surface area contributed by atoms with Crippen molar-refractivity contribution >= 4 is 11.6 Å². The van der Waals surface area contributed by atoms with Crippen molar-refractivity contribution in [3.63, 3.8) is 0 Å². The molecule has 1 saturated heterocycles. The number of nitrogens with two attached hydrogens (primary N) is 1. The van der Waals surface area contributed by atoms with E-state index in [0.29, 0.717) is 0 Å². The molecule has 0 unspecified atom stereocenters. The van der Waals surface area contributed by atoms with Crippen LogP contribution in [0.15, 0.2) is 24.3 Å². The van der Waals surface area contributed by atoms with Crippen LogP contribution < -0.4 is 11.1 Å². The van der Waals surface area contributed by atoms with E-state index in [4.69, 9.17) is 5.73 Å². The van der Waals surface area contributed by atoms with Gasteiger partial charge in [0.15, 0.2) is 0 Å². The molecule has 98 valence electrons. The fourth-order valence-electron chi connectivity index (χ4n) is 2.52. The van der Waals surface area contributed by atoms with Gasteiger partial charge in [-0.3, -0.25) is 9.69 Å². The normalized spacial score (nSPS) is 20.6. The van der Waals surface area contributed by atoms with Gasteiger partial charge in [0.25, 0.3) is 0 Å². The van der Waals surface area contributed by atoms with Crippen molar-refractivity contribution in [3.8, 4) is 0 Å². The molecular weight excluding hydrogens is 226 g/mol. The zero-order valence-corrected chi connectivity index (χ0v) is 10.9. The molecule has 0 saturated carbocycles. The third kappa shape index (κ3) is 3.47. The first-order valence-electron chi connectivity index (χ1n) is 6.48. The number of anilines is 1. The van der Waals surface area contributed by atoms with Gasteiger partial charge in [0.2, 0.25) is 5.91 Å². The van der Waals surface area contributed by atoms with Crippen LogP contribution in [0.25, 0.3) is 0 Å². The van der Waals surface area contributed by atoms with Crippen LogP contribution in [0, 0.1) is 0 Å². The van der Waals surface area contributed by atoms with E-state index < -0.39 is 0 Å². The molecule has 1 heterocycles. The number of piperidine rings is 1. The van der Waals surface area contributed by atoms with Gasteiger partial charge in [0, 0.05) is 31.7 Å². The Labute approximate surface area is 108 Å². The van der Waals surface area contributed by atoms with Gasteiger partial charge >= 0.3 is 0 Å². The monoisotopic (exact) mass is 247 g/mol. The van der Waals surface area contributed by atoms with Crippen molar-refractivity contribution in [2.75, 3.05) is 18.8 Å². The lowest BCUT2D eigenvalue weighted by Gasteiger charge is -2.33. The molecule has 0 bridgehead atoms. The van der Waals surface area contributed by atoms with E-state index in [2.05, 4.69) is 16.3 Å². The number of amides is 1. The first-order chi connectivity index (χ1) is 8.65. The number of nitrogens with zero attached hydrogens (tertiary/aromatic N) is 1. The molecule has 0 aliphatic carbocycles. The lowest BCUT2D eigenvalue weighted by Crippen LogP contribution is -2.46. The third-order valence-corrected chi connectivity index (χ3v) is 3.36. The van der Waals surface area contributed by atoms with E-state index in [-0.39, 0.29) is 11.9 Å². The number of nitrogen functional groups attached to an aromatic ring is 1. The predicted octanol–water partition coefficient (Wildman–Crippen LogP) is 1.37. The van der Waals surface area contributed by atoms with Gasteiger partial charge in [-0.25, -0.2) is 0 Å². The van der Waals surface area contributed by atoms with Crippen molar-refractivity contribution in [2.24, 2.45) is 0 Å². The van der Waals surface area contributed by atoms with Gasteiger partial charge in [-0.05, 0) is 31.0 Å². The lowest BCUT2D eigenvalue weighted by molar-refractivity contribution is -0.120. The van der Waals surface area contributed by atoms with E-state index in [1.807, 2.05) is 18.2 Å². The summed E-state index contributed by atoms with van der Waals surface area (Å²) in [7, 11) is 0. The zero-order valence-electron chi connectivity index (χ0n) is 10.9. The lowest BCUT2D eigenvalue weighted by atomic mass is 10.0. The zero-order chi connectivity index (χ0) is 13.0. The van der Waals surface area contributed by atoms with Gasteiger partial charge in [-0.1, -0.05) is 18.2 Å². The van der Waals surface area contributed by atoms with Gasteiger partial charge in [0.1, 0.15) is 0 Å². The quantitative estimate of drug-likeness (QED) is 0.793. The molecule has 4 nitrogen and oxygen atoms in total. The summed E-state index contributed by atoms with van der Waals surface area (Å²) in [6.07, 6.45) is 2.19. The average Bonchev–Trinajstić information content (AvgIpc) is 2.32. The molecule has 0 radical (unpaired) electrons. The van der Waals surface area contributed by atoms with E-state index in [0.717, 1.165) is 38.2 Å². The molecule has 1 aliphatic heterocycles. The first kappa shape index (κ1) is 12.9. The molecule has 4 heteroatoms. The highest BCUT2D eigenvalue weighted by atomic mass is 16.1. The summed E-state index contributed by atoms with van der Waals surface area (Å²) in [5.41, 5.74) is 7.97. The second-order valence-corrected chi connectivity index (χ2v) is 4.97. The number of benzene rings is 1. The summed E-state index contributed by atoms with van der Waals surface area (Å²) in [5, 5.41) is 3.00. The summed E-state index contributed by atoms with van der Waals surface area (Å²) in [6.45, 7) is 4.43. The third-order valence-electron chi connectivity index (χ3n) is 3.36. The van der Waals surface area contributed by atoms with E-state index >= 15 is 0 Å². The second-order valence-electron chi connectivity index (χ2n) is 4.97. The van der Waals surface area contributed by atoms with Crippen LogP contribution in [0.2, 0.25) is 0 Å². The van der Waals surface area contributed by atoms with Crippen molar-refractivity contribution in [1.82, 2.24) is 10.2 Å². The summed E-state index contributed by atoms with van der Waals surface area (Å²) in [6, 6.07) is 8.25. The highest BCUT2D eigenvalue weighted by Gasteiger charge is 2.20. The molecule has 2 rings (SSSR count). The topological polar surface area (TPSA) is 58.4 Å². The smallest absolute Gasteiger partial charge is 0.217 e. The maximum atomic E-state index is 11.1. The maximum Gasteiger partial charge on any atom is 0.217 e. The molecule has 1 aliphatic rings. The Morgan fingerprint density at radius 1 is 1.50 bits per heavy atom. The van der Waals surface area contributed by atoms with Crippen molar-refractivity contribution in [2.45, 2.75) is 32.4 Å². The largest absolute Gasteiger partial charge is 0.398 e. The Balaban J connectivity index is 1.93. The second kappa shape index (κ2) is 5.87. The SMILES string of the molecule is CC(=O)N[C@H]1CCCN(Cc2ccccc2N)C1. The minimum absolute atomic E-state index is 0.0566. The number of carbonyl (C=O) groups is 1. The average molecular weight is 247 g/mol. The van der Waals surface area contributed by atoms with Crippen molar-refractivity contribution < 1.29 is 4.79 Å². The molecule has 1 atom stereocenters. The molecule has 1 fully saturated rings. The van der Waals surface area contributed by atoms with E-state index in [1.54, 1.807) is 6.92 Å². The van der Waals surface area contributed by atoms with Gasteiger partial charge in [0.05, 0.1) is 0 Å². The molecule has 1 aromatic carbocycles. The van der Waals surface area contributed by atoms with Crippen LogP contribution in [0.4, 0.5) is 5.69 Å². The Hall–Kier alpha value is -1.55. The number of likely N-dealkylation sites (tertiary alicyclic amines) is 1.